The van der Waals surface area contributed by atoms with Gasteiger partial charge in [0.2, 0.25) is 0 Å². The first-order valence-corrected chi connectivity index (χ1v) is 11.8. The Balaban J connectivity index is 1.44. The molecule has 0 spiro atoms. The van der Waals surface area contributed by atoms with Gasteiger partial charge in [0.25, 0.3) is 0 Å². The Hall–Kier alpha value is -2.55. The number of fused-ring (bicyclic) bond motifs is 2. The Kier molecular flexibility index (Phi) is 6.22. The number of allylic oxidation sites excluding steroid dienone is 7. The number of aryl methyl sites for hydroxylation is 2. The summed E-state index contributed by atoms with van der Waals surface area (Å²) in [5.41, 5.74) is 13.0. The van der Waals surface area contributed by atoms with Crippen molar-refractivity contribution in [2.45, 2.75) is 66.3 Å². The molecule has 0 bridgehead atoms. The van der Waals surface area contributed by atoms with E-state index in [0.29, 0.717) is 5.92 Å². The Labute approximate surface area is 188 Å². The fourth-order valence-electron chi connectivity index (χ4n) is 5.38. The first-order valence-electron chi connectivity index (χ1n) is 11.8. The summed E-state index contributed by atoms with van der Waals surface area (Å²) in [7, 11) is 2.18. The van der Waals surface area contributed by atoms with Gasteiger partial charge in [-0.2, -0.15) is 0 Å². The van der Waals surface area contributed by atoms with Gasteiger partial charge in [0, 0.05) is 43.3 Å². The lowest BCUT2D eigenvalue weighted by Gasteiger charge is -2.35. The van der Waals surface area contributed by atoms with Gasteiger partial charge in [0.15, 0.2) is 0 Å². The van der Waals surface area contributed by atoms with Crippen LogP contribution in [0.2, 0.25) is 0 Å². The average Bonchev–Trinajstić information content (AvgIpc) is 3.17. The molecular formula is C28H37N3. The number of rotatable bonds is 6. The highest BCUT2D eigenvalue weighted by Gasteiger charge is 2.31. The van der Waals surface area contributed by atoms with Crippen LogP contribution in [-0.2, 0) is 13.0 Å². The molecule has 1 aromatic rings. The van der Waals surface area contributed by atoms with E-state index in [1.807, 2.05) is 0 Å². The second kappa shape index (κ2) is 8.90. The van der Waals surface area contributed by atoms with Crippen LogP contribution < -0.4 is 5.32 Å². The summed E-state index contributed by atoms with van der Waals surface area (Å²) in [6, 6.07) is 4.61. The van der Waals surface area contributed by atoms with Gasteiger partial charge in [-0.15, -0.1) is 0 Å². The van der Waals surface area contributed by atoms with Crippen molar-refractivity contribution in [3.05, 3.63) is 75.2 Å². The zero-order valence-electron chi connectivity index (χ0n) is 19.9. The summed E-state index contributed by atoms with van der Waals surface area (Å²) in [6.07, 6.45) is 12.0. The van der Waals surface area contributed by atoms with Crippen molar-refractivity contribution in [2.24, 2.45) is 5.92 Å². The first-order chi connectivity index (χ1) is 14.9. The summed E-state index contributed by atoms with van der Waals surface area (Å²) in [5, 5.41) is 12.6. The van der Waals surface area contributed by atoms with Gasteiger partial charge in [-0.1, -0.05) is 42.3 Å². The molecule has 3 heteroatoms. The van der Waals surface area contributed by atoms with Crippen molar-refractivity contribution in [3.8, 4) is 0 Å². The van der Waals surface area contributed by atoms with E-state index in [9.17, 15) is 0 Å². The van der Waals surface area contributed by atoms with Crippen LogP contribution in [0.3, 0.4) is 0 Å². The third-order valence-electron chi connectivity index (χ3n) is 7.01. The smallest absolute Gasteiger partial charge is 0.0412 e. The topological polar surface area (TPSA) is 39.1 Å². The molecule has 0 radical (unpaired) electrons. The van der Waals surface area contributed by atoms with E-state index < -0.39 is 0 Å². The summed E-state index contributed by atoms with van der Waals surface area (Å²) < 4.78 is 0. The Morgan fingerprint density at radius 3 is 2.74 bits per heavy atom. The van der Waals surface area contributed by atoms with Crippen LogP contribution in [0.5, 0.6) is 0 Å². The molecule has 3 aliphatic rings. The van der Waals surface area contributed by atoms with Crippen molar-refractivity contribution in [2.75, 3.05) is 13.6 Å². The first kappa shape index (κ1) is 21.7. The molecule has 4 rings (SSSR count). The fourth-order valence-corrected chi connectivity index (χ4v) is 5.38. The predicted molar refractivity (Wildman–Crippen MR) is 132 cm³/mol. The van der Waals surface area contributed by atoms with E-state index in [2.05, 4.69) is 75.4 Å². The summed E-state index contributed by atoms with van der Waals surface area (Å²) in [4.78, 5) is 2.33. The maximum atomic E-state index is 8.89. The molecule has 0 aromatic heterocycles. The summed E-state index contributed by atoms with van der Waals surface area (Å²) in [6.45, 7) is 10.8. The molecule has 164 valence electrons. The van der Waals surface area contributed by atoms with Crippen molar-refractivity contribution < 1.29 is 0 Å². The van der Waals surface area contributed by atoms with Gasteiger partial charge in [0.1, 0.15) is 0 Å². The van der Waals surface area contributed by atoms with Gasteiger partial charge in [-0.3, -0.25) is 0 Å². The Morgan fingerprint density at radius 1 is 1.23 bits per heavy atom. The zero-order chi connectivity index (χ0) is 22.1. The monoisotopic (exact) mass is 415 g/mol. The predicted octanol–water partition coefficient (Wildman–Crippen LogP) is 6.30. The molecule has 1 aliphatic heterocycles. The minimum atomic E-state index is 0.543. The molecule has 0 fully saturated rings. The molecule has 1 unspecified atom stereocenters. The second-order valence-corrected chi connectivity index (χ2v) is 9.73. The minimum Gasteiger partial charge on any atom is -0.384 e. The highest BCUT2D eigenvalue weighted by Crippen LogP contribution is 2.39. The van der Waals surface area contributed by atoms with Crippen LogP contribution >= 0.6 is 0 Å². The van der Waals surface area contributed by atoms with E-state index >= 15 is 0 Å². The lowest BCUT2D eigenvalue weighted by atomic mass is 9.76. The van der Waals surface area contributed by atoms with Crippen LogP contribution in [0, 0.1) is 18.3 Å². The fraction of sp³-hybridized carbons (Fsp3) is 0.464. The maximum Gasteiger partial charge on any atom is 0.0412 e. The molecule has 0 saturated carbocycles. The number of hydrogen-bond donors (Lipinski definition) is 2. The number of nitrogens with zero attached hydrogens (tertiary/aromatic N) is 1. The van der Waals surface area contributed by atoms with Crippen molar-refractivity contribution in [3.63, 3.8) is 0 Å². The summed E-state index contributed by atoms with van der Waals surface area (Å²) >= 11 is 0. The average molecular weight is 416 g/mol. The van der Waals surface area contributed by atoms with Crippen molar-refractivity contribution in [1.29, 1.82) is 5.41 Å². The number of nitrogens with one attached hydrogen (secondary N) is 2. The largest absolute Gasteiger partial charge is 0.384 e. The van der Waals surface area contributed by atoms with Crippen LogP contribution in [0.15, 0.2) is 52.9 Å². The summed E-state index contributed by atoms with van der Waals surface area (Å²) in [5.74, 6) is 0.543. The molecule has 2 N–H and O–H groups in total. The molecule has 3 nitrogen and oxygen atoms in total. The van der Waals surface area contributed by atoms with Gasteiger partial charge in [-0.05, 0) is 86.6 Å². The van der Waals surface area contributed by atoms with Gasteiger partial charge < -0.3 is 15.6 Å². The third kappa shape index (κ3) is 4.56. The molecular weight excluding hydrogens is 378 g/mol. The standard InChI is InChI=1S/C28H37N3/c1-6-22-12-19(3)13-24-16-30-26-15-21(14-25(29)28(26)27(22)24)9-10-31(5)17-20(4)23-8-7-18(2)11-23/h7-8,12-13,17,21,29-30H,6,9-11,14-16H2,1-5H3/b20-17+,29-25?. The quantitative estimate of drug-likeness (QED) is 0.572. The normalized spacial score (nSPS) is 20.7. The van der Waals surface area contributed by atoms with Crippen LogP contribution in [0.1, 0.15) is 68.7 Å². The van der Waals surface area contributed by atoms with Crippen LogP contribution in [-0.4, -0.2) is 24.2 Å². The second-order valence-electron chi connectivity index (χ2n) is 9.73. The third-order valence-corrected chi connectivity index (χ3v) is 7.01. The van der Waals surface area contributed by atoms with Crippen LogP contribution in [0.25, 0.3) is 5.57 Å². The van der Waals surface area contributed by atoms with Crippen molar-refractivity contribution >= 4 is 11.3 Å². The molecule has 31 heavy (non-hydrogen) atoms. The molecule has 2 aliphatic carbocycles. The van der Waals surface area contributed by atoms with Gasteiger partial charge in [0.05, 0.1) is 0 Å². The van der Waals surface area contributed by atoms with E-state index in [4.69, 9.17) is 5.41 Å². The maximum absolute atomic E-state index is 8.89. The van der Waals surface area contributed by atoms with E-state index in [-0.39, 0.29) is 0 Å². The highest BCUT2D eigenvalue weighted by atomic mass is 15.1. The molecule has 0 saturated heterocycles. The van der Waals surface area contributed by atoms with Crippen LogP contribution in [0.4, 0.5) is 0 Å². The zero-order valence-corrected chi connectivity index (χ0v) is 19.9. The minimum absolute atomic E-state index is 0.543. The van der Waals surface area contributed by atoms with Gasteiger partial charge >= 0.3 is 0 Å². The molecule has 1 aromatic carbocycles. The molecule has 1 heterocycles. The lowest BCUT2D eigenvalue weighted by Crippen LogP contribution is -2.31. The Morgan fingerprint density at radius 2 is 2.03 bits per heavy atom. The van der Waals surface area contributed by atoms with E-state index in [1.54, 1.807) is 0 Å². The number of benzene rings is 1. The molecule has 0 amide bonds. The van der Waals surface area contributed by atoms with E-state index in [0.717, 1.165) is 50.9 Å². The van der Waals surface area contributed by atoms with Crippen molar-refractivity contribution in [1.82, 2.24) is 10.2 Å². The van der Waals surface area contributed by atoms with Gasteiger partial charge in [-0.25, -0.2) is 0 Å². The highest BCUT2D eigenvalue weighted by molar-refractivity contribution is 6.24. The lowest BCUT2D eigenvalue weighted by molar-refractivity contribution is 0.372. The Bertz CT molecular complexity index is 1020. The SMILES string of the molecule is CCc1cc(C)cc2c1C1=C(CC(CCN(C)/C=C(\C)C3=CC=C(C)C3)CC1=N)NC2. The number of hydrogen-bond acceptors (Lipinski definition) is 3. The molecule has 1 atom stereocenters. The van der Waals surface area contributed by atoms with E-state index in [1.165, 1.54) is 50.2 Å².